The minimum atomic E-state index is -1.01. The Morgan fingerprint density at radius 1 is 1.41 bits per heavy atom. The average Bonchev–Trinajstić information content (AvgIpc) is 2.19. The van der Waals surface area contributed by atoms with Gasteiger partial charge in [0.25, 0.3) is 0 Å². The number of nitrogens with two attached hydrogens (primary N) is 1. The van der Waals surface area contributed by atoms with E-state index in [1.165, 1.54) is 6.07 Å². The van der Waals surface area contributed by atoms with Gasteiger partial charge < -0.3 is 16.2 Å². The summed E-state index contributed by atoms with van der Waals surface area (Å²) >= 11 is 0. The predicted molar refractivity (Wildman–Crippen MR) is 70.4 cm³/mol. The molecule has 1 rings (SSSR count). The first-order valence-electron chi connectivity index (χ1n) is 5.62. The second kappa shape index (κ2) is 4.65. The van der Waals surface area contributed by atoms with Gasteiger partial charge in [0.15, 0.2) is 0 Å². The first kappa shape index (κ1) is 13.4. The van der Waals surface area contributed by atoms with E-state index in [9.17, 15) is 4.79 Å². The minimum Gasteiger partial charge on any atom is -0.478 e. The van der Waals surface area contributed by atoms with E-state index in [2.05, 4.69) is 26.1 Å². The van der Waals surface area contributed by atoms with Crippen LogP contribution in [-0.2, 0) is 0 Å². The van der Waals surface area contributed by atoms with E-state index in [1.807, 2.05) is 6.92 Å². The Hall–Kier alpha value is -1.71. The monoisotopic (exact) mass is 236 g/mol. The molecule has 0 aliphatic carbocycles. The molecule has 1 unspecified atom stereocenters. The number of carbonyl (C=O) groups is 1. The third-order valence-electron chi connectivity index (χ3n) is 3.01. The Labute approximate surface area is 102 Å². The highest BCUT2D eigenvalue weighted by Gasteiger charge is 2.21. The van der Waals surface area contributed by atoms with Gasteiger partial charge in [0.05, 0.1) is 16.9 Å². The van der Waals surface area contributed by atoms with Crippen LogP contribution in [0.2, 0.25) is 0 Å². The van der Waals surface area contributed by atoms with Crippen molar-refractivity contribution in [1.29, 1.82) is 0 Å². The molecule has 94 valence electrons. The molecule has 1 aromatic carbocycles. The van der Waals surface area contributed by atoms with Crippen molar-refractivity contribution in [3.05, 3.63) is 23.8 Å². The maximum atomic E-state index is 10.9. The molecule has 0 heterocycles. The molecule has 0 saturated heterocycles. The Balaban J connectivity index is 3.01. The minimum absolute atomic E-state index is 0.0751. The summed E-state index contributed by atoms with van der Waals surface area (Å²) in [6, 6.07) is 5.18. The zero-order valence-electron chi connectivity index (χ0n) is 10.7. The van der Waals surface area contributed by atoms with Gasteiger partial charge in [-0.25, -0.2) is 4.79 Å². The van der Waals surface area contributed by atoms with Crippen LogP contribution in [0.3, 0.4) is 0 Å². The lowest BCUT2D eigenvalue weighted by Gasteiger charge is -2.29. The summed E-state index contributed by atoms with van der Waals surface area (Å²) < 4.78 is 0. The summed E-state index contributed by atoms with van der Waals surface area (Å²) in [7, 11) is 0. The number of benzene rings is 1. The lowest BCUT2D eigenvalue weighted by molar-refractivity contribution is 0.0698. The molecule has 17 heavy (non-hydrogen) atoms. The Kier molecular flexibility index (Phi) is 3.66. The summed E-state index contributed by atoms with van der Waals surface area (Å²) in [5, 5.41) is 12.2. The van der Waals surface area contributed by atoms with Crippen molar-refractivity contribution < 1.29 is 9.90 Å². The summed E-state index contributed by atoms with van der Waals surface area (Å²) in [5.74, 6) is -1.01. The molecule has 4 heteroatoms. The van der Waals surface area contributed by atoms with Gasteiger partial charge in [0, 0.05) is 6.04 Å². The van der Waals surface area contributed by atoms with E-state index in [0.29, 0.717) is 5.69 Å². The van der Waals surface area contributed by atoms with Gasteiger partial charge in [-0.2, -0.15) is 0 Å². The SMILES string of the molecule is CC(Nc1cccc(C(=O)O)c1N)C(C)(C)C. The second-order valence-electron chi connectivity index (χ2n) is 5.30. The van der Waals surface area contributed by atoms with Crippen LogP contribution in [-0.4, -0.2) is 17.1 Å². The standard InChI is InChI=1S/C13H20N2O2/c1-8(13(2,3)4)15-10-7-5-6-9(11(10)14)12(16)17/h5-8,15H,14H2,1-4H3,(H,16,17). The van der Waals surface area contributed by atoms with E-state index in [0.717, 1.165) is 0 Å². The topological polar surface area (TPSA) is 75.3 Å². The highest BCUT2D eigenvalue weighted by molar-refractivity contribution is 5.97. The van der Waals surface area contributed by atoms with Crippen molar-refractivity contribution in [2.45, 2.75) is 33.7 Å². The number of rotatable bonds is 3. The van der Waals surface area contributed by atoms with Gasteiger partial charge in [-0.05, 0) is 24.5 Å². The molecule has 0 fully saturated rings. The van der Waals surface area contributed by atoms with Gasteiger partial charge in [-0.15, -0.1) is 0 Å². The molecule has 1 aromatic rings. The fraction of sp³-hybridized carbons (Fsp3) is 0.462. The van der Waals surface area contributed by atoms with Crippen LogP contribution in [0.4, 0.5) is 11.4 Å². The van der Waals surface area contributed by atoms with Gasteiger partial charge >= 0.3 is 5.97 Å². The van der Waals surface area contributed by atoms with Crippen molar-refractivity contribution in [2.24, 2.45) is 5.41 Å². The van der Waals surface area contributed by atoms with Gasteiger partial charge in [-0.3, -0.25) is 0 Å². The molecule has 0 saturated carbocycles. The third kappa shape index (κ3) is 3.12. The quantitative estimate of drug-likeness (QED) is 0.705. The zero-order valence-corrected chi connectivity index (χ0v) is 10.7. The van der Waals surface area contributed by atoms with Crippen molar-refractivity contribution in [1.82, 2.24) is 0 Å². The zero-order chi connectivity index (χ0) is 13.2. The largest absolute Gasteiger partial charge is 0.478 e. The molecular weight excluding hydrogens is 216 g/mol. The number of carboxylic acids is 1. The van der Waals surface area contributed by atoms with E-state index < -0.39 is 5.97 Å². The molecular formula is C13H20N2O2. The van der Waals surface area contributed by atoms with Crippen LogP contribution in [0, 0.1) is 5.41 Å². The lowest BCUT2D eigenvalue weighted by atomic mass is 9.88. The first-order chi connectivity index (χ1) is 7.73. The molecule has 0 aromatic heterocycles. The van der Waals surface area contributed by atoms with E-state index >= 15 is 0 Å². The Morgan fingerprint density at radius 3 is 2.47 bits per heavy atom. The number of nitrogen functional groups attached to an aromatic ring is 1. The molecule has 0 aliphatic heterocycles. The third-order valence-corrected chi connectivity index (χ3v) is 3.01. The molecule has 0 aliphatic rings. The van der Waals surface area contributed by atoms with Crippen LogP contribution in [0.1, 0.15) is 38.1 Å². The number of carboxylic acid groups (broad SMARTS) is 1. The average molecular weight is 236 g/mol. The highest BCUT2D eigenvalue weighted by Crippen LogP contribution is 2.28. The summed E-state index contributed by atoms with van der Waals surface area (Å²) in [6.45, 7) is 8.39. The summed E-state index contributed by atoms with van der Waals surface area (Å²) in [6.07, 6.45) is 0. The fourth-order valence-electron chi connectivity index (χ4n) is 1.33. The Morgan fingerprint density at radius 2 is 2.00 bits per heavy atom. The van der Waals surface area contributed by atoms with Gasteiger partial charge in [0.1, 0.15) is 0 Å². The van der Waals surface area contributed by atoms with Crippen molar-refractivity contribution >= 4 is 17.3 Å². The van der Waals surface area contributed by atoms with Crippen LogP contribution in [0.15, 0.2) is 18.2 Å². The second-order valence-corrected chi connectivity index (χ2v) is 5.30. The van der Waals surface area contributed by atoms with E-state index in [-0.39, 0.29) is 22.7 Å². The van der Waals surface area contributed by atoms with Crippen molar-refractivity contribution in [3.8, 4) is 0 Å². The summed E-state index contributed by atoms with van der Waals surface area (Å²) in [5.41, 5.74) is 7.00. The molecule has 4 N–H and O–H groups in total. The molecule has 0 bridgehead atoms. The Bertz CT molecular complexity index is 422. The molecule has 0 amide bonds. The molecule has 4 nitrogen and oxygen atoms in total. The highest BCUT2D eigenvalue weighted by atomic mass is 16.4. The normalized spacial score (nSPS) is 13.2. The number of anilines is 2. The fourth-order valence-corrected chi connectivity index (χ4v) is 1.33. The number of aromatic carboxylic acids is 1. The van der Waals surface area contributed by atoms with E-state index in [1.54, 1.807) is 12.1 Å². The molecule has 0 radical (unpaired) electrons. The number of para-hydroxylation sites is 1. The summed E-state index contributed by atoms with van der Waals surface area (Å²) in [4.78, 5) is 10.9. The molecule has 1 atom stereocenters. The van der Waals surface area contributed by atoms with Crippen LogP contribution < -0.4 is 11.1 Å². The van der Waals surface area contributed by atoms with Crippen molar-refractivity contribution in [3.63, 3.8) is 0 Å². The van der Waals surface area contributed by atoms with Crippen molar-refractivity contribution in [2.75, 3.05) is 11.1 Å². The van der Waals surface area contributed by atoms with Crippen LogP contribution in [0.5, 0.6) is 0 Å². The van der Waals surface area contributed by atoms with Gasteiger partial charge in [-0.1, -0.05) is 26.8 Å². The van der Waals surface area contributed by atoms with Crippen LogP contribution >= 0.6 is 0 Å². The van der Waals surface area contributed by atoms with E-state index in [4.69, 9.17) is 10.8 Å². The number of hydrogen-bond donors (Lipinski definition) is 3. The smallest absolute Gasteiger partial charge is 0.337 e. The lowest BCUT2D eigenvalue weighted by Crippen LogP contribution is -2.31. The number of hydrogen-bond acceptors (Lipinski definition) is 3. The number of nitrogens with one attached hydrogen (secondary N) is 1. The predicted octanol–water partition coefficient (Wildman–Crippen LogP) is 2.81. The maximum Gasteiger partial charge on any atom is 0.337 e. The van der Waals surface area contributed by atoms with Gasteiger partial charge in [0.2, 0.25) is 0 Å². The van der Waals surface area contributed by atoms with Crippen LogP contribution in [0.25, 0.3) is 0 Å². The first-order valence-corrected chi connectivity index (χ1v) is 5.62. The maximum absolute atomic E-state index is 10.9. The molecule has 0 spiro atoms.